The van der Waals surface area contributed by atoms with E-state index in [0.29, 0.717) is 12.4 Å². The molecule has 1 spiro atoms. The molecule has 0 aromatic carbocycles. The molecular formula is C20H23N7O. The number of carbonyl (C=O) groups is 1. The summed E-state index contributed by atoms with van der Waals surface area (Å²) < 4.78 is 1.77. The number of fused-ring (bicyclic) bond motifs is 1. The fraction of sp³-hybridized carbons (Fsp3) is 0.450. The van der Waals surface area contributed by atoms with Crippen LogP contribution in [0.3, 0.4) is 0 Å². The second-order valence-corrected chi connectivity index (χ2v) is 7.89. The van der Waals surface area contributed by atoms with E-state index in [2.05, 4.69) is 15.0 Å². The van der Waals surface area contributed by atoms with Crippen molar-refractivity contribution in [3.63, 3.8) is 0 Å². The van der Waals surface area contributed by atoms with Gasteiger partial charge in [0.15, 0.2) is 11.5 Å². The second-order valence-electron chi connectivity index (χ2n) is 7.89. The molecule has 2 aliphatic rings. The predicted octanol–water partition coefficient (Wildman–Crippen LogP) is 1.87. The van der Waals surface area contributed by atoms with Crippen LogP contribution < -0.4 is 4.90 Å². The summed E-state index contributed by atoms with van der Waals surface area (Å²) in [5.41, 5.74) is 1.43. The maximum absolute atomic E-state index is 12.9. The SMILES string of the molecule is CN1CCCC2(CCN(c3nc(-c4ccncc4)nc4c3cnn4C)C2)C1=O. The van der Waals surface area contributed by atoms with Crippen molar-refractivity contribution in [2.75, 3.05) is 31.6 Å². The van der Waals surface area contributed by atoms with E-state index >= 15 is 0 Å². The van der Waals surface area contributed by atoms with Crippen molar-refractivity contribution in [2.24, 2.45) is 12.5 Å². The molecule has 2 fully saturated rings. The molecule has 5 heterocycles. The lowest BCUT2D eigenvalue weighted by atomic mass is 9.78. The van der Waals surface area contributed by atoms with Crippen molar-refractivity contribution in [3.8, 4) is 11.4 Å². The predicted molar refractivity (Wildman–Crippen MR) is 106 cm³/mol. The molecule has 0 saturated carbocycles. The molecule has 2 aliphatic heterocycles. The van der Waals surface area contributed by atoms with E-state index in [-0.39, 0.29) is 11.3 Å². The highest BCUT2D eigenvalue weighted by atomic mass is 16.2. The largest absolute Gasteiger partial charge is 0.355 e. The van der Waals surface area contributed by atoms with Crippen molar-refractivity contribution < 1.29 is 4.79 Å². The normalized spacial score (nSPS) is 22.6. The van der Waals surface area contributed by atoms with E-state index in [1.807, 2.05) is 37.3 Å². The number of likely N-dealkylation sites (tertiary alicyclic amines) is 1. The number of rotatable bonds is 2. The average Bonchev–Trinajstić information content (AvgIpc) is 3.31. The van der Waals surface area contributed by atoms with Gasteiger partial charge in [-0.1, -0.05) is 0 Å². The van der Waals surface area contributed by atoms with Crippen molar-refractivity contribution in [2.45, 2.75) is 19.3 Å². The molecule has 8 heteroatoms. The minimum absolute atomic E-state index is 0.270. The number of amides is 1. The van der Waals surface area contributed by atoms with Gasteiger partial charge in [-0.2, -0.15) is 5.10 Å². The van der Waals surface area contributed by atoms with E-state index in [1.165, 1.54) is 0 Å². The first-order chi connectivity index (χ1) is 13.6. The van der Waals surface area contributed by atoms with E-state index < -0.39 is 0 Å². The first-order valence-corrected chi connectivity index (χ1v) is 9.68. The average molecular weight is 377 g/mol. The standard InChI is InChI=1S/C20H23N7O/c1-25-10-3-6-20(19(25)28)7-11-27(13-20)18-15-12-22-26(2)17(15)23-16(24-18)14-4-8-21-9-5-14/h4-5,8-9,12H,3,6-7,10-11,13H2,1-2H3. The molecule has 0 N–H and O–H groups in total. The summed E-state index contributed by atoms with van der Waals surface area (Å²) >= 11 is 0. The Balaban J connectivity index is 1.58. The van der Waals surface area contributed by atoms with Crippen LogP contribution in [0.1, 0.15) is 19.3 Å². The first kappa shape index (κ1) is 17.1. The molecule has 144 valence electrons. The Labute approximate surface area is 163 Å². The van der Waals surface area contributed by atoms with Gasteiger partial charge in [0.05, 0.1) is 17.0 Å². The molecule has 5 rings (SSSR count). The number of aryl methyl sites for hydroxylation is 1. The Morgan fingerprint density at radius 2 is 1.89 bits per heavy atom. The number of anilines is 1. The van der Waals surface area contributed by atoms with Gasteiger partial charge in [-0.05, 0) is 31.4 Å². The van der Waals surface area contributed by atoms with Crippen molar-refractivity contribution in [1.29, 1.82) is 0 Å². The van der Waals surface area contributed by atoms with Crippen LogP contribution in [0.25, 0.3) is 22.4 Å². The van der Waals surface area contributed by atoms with Crippen LogP contribution in [0.5, 0.6) is 0 Å². The number of nitrogens with zero attached hydrogens (tertiary/aromatic N) is 7. The Morgan fingerprint density at radius 3 is 2.71 bits per heavy atom. The van der Waals surface area contributed by atoms with Crippen LogP contribution in [0.2, 0.25) is 0 Å². The molecule has 0 bridgehead atoms. The molecule has 8 nitrogen and oxygen atoms in total. The fourth-order valence-corrected chi connectivity index (χ4v) is 4.58. The quantitative estimate of drug-likeness (QED) is 0.678. The third kappa shape index (κ3) is 2.55. The van der Waals surface area contributed by atoms with E-state index in [9.17, 15) is 4.79 Å². The molecule has 0 radical (unpaired) electrons. The Morgan fingerprint density at radius 1 is 1.07 bits per heavy atom. The maximum atomic E-state index is 12.9. The van der Waals surface area contributed by atoms with Gasteiger partial charge in [0.1, 0.15) is 5.82 Å². The number of hydrogen-bond acceptors (Lipinski definition) is 6. The highest BCUT2D eigenvalue weighted by molar-refractivity contribution is 5.90. The van der Waals surface area contributed by atoms with Crippen LogP contribution in [-0.4, -0.2) is 62.2 Å². The number of pyridine rings is 1. The van der Waals surface area contributed by atoms with E-state index in [4.69, 9.17) is 9.97 Å². The summed E-state index contributed by atoms with van der Waals surface area (Å²) in [7, 11) is 3.80. The van der Waals surface area contributed by atoms with Gasteiger partial charge in [0.25, 0.3) is 0 Å². The lowest BCUT2D eigenvalue weighted by Gasteiger charge is -2.37. The summed E-state index contributed by atoms with van der Waals surface area (Å²) in [6, 6.07) is 3.82. The Kier molecular flexibility index (Phi) is 3.82. The highest BCUT2D eigenvalue weighted by Crippen LogP contribution is 2.42. The molecule has 28 heavy (non-hydrogen) atoms. The molecule has 1 unspecified atom stereocenters. The van der Waals surface area contributed by atoms with Gasteiger partial charge >= 0.3 is 0 Å². The molecule has 1 amide bonds. The smallest absolute Gasteiger partial charge is 0.230 e. The number of aromatic nitrogens is 5. The molecule has 2 saturated heterocycles. The van der Waals surface area contributed by atoms with Crippen LogP contribution in [0.4, 0.5) is 5.82 Å². The molecular weight excluding hydrogens is 354 g/mol. The zero-order chi connectivity index (χ0) is 19.3. The Bertz CT molecular complexity index is 1050. The summed E-state index contributed by atoms with van der Waals surface area (Å²) in [5, 5.41) is 5.32. The lowest BCUT2D eigenvalue weighted by molar-refractivity contribution is -0.143. The summed E-state index contributed by atoms with van der Waals surface area (Å²) in [6.45, 7) is 2.37. The van der Waals surface area contributed by atoms with Gasteiger partial charge in [-0.3, -0.25) is 14.5 Å². The number of carbonyl (C=O) groups excluding carboxylic acids is 1. The van der Waals surface area contributed by atoms with Crippen LogP contribution in [-0.2, 0) is 11.8 Å². The lowest BCUT2D eigenvalue weighted by Crippen LogP contribution is -2.48. The zero-order valence-electron chi connectivity index (χ0n) is 16.2. The van der Waals surface area contributed by atoms with Crippen LogP contribution in [0.15, 0.2) is 30.7 Å². The first-order valence-electron chi connectivity index (χ1n) is 9.68. The third-order valence-electron chi connectivity index (χ3n) is 6.11. The zero-order valence-corrected chi connectivity index (χ0v) is 16.2. The molecule has 3 aromatic heterocycles. The van der Waals surface area contributed by atoms with Crippen LogP contribution in [0, 0.1) is 5.41 Å². The van der Waals surface area contributed by atoms with Crippen molar-refractivity contribution in [1.82, 2.24) is 29.6 Å². The topological polar surface area (TPSA) is 80.0 Å². The number of hydrogen-bond donors (Lipinski definition) is 0. The Hall–Kier alpha value is -3.03. The minimum atomic E-state index is -0.288. The summed E-state index contributed by atoms with van der Waals surface area (Å²) in [5.74, 6) is 1.79. The van der Waals surface area contributed by atoms with Gasteiger partial charge in [0.2, 0.25) is 5.91 Å². The monoisotopic (exact) mass is 377 g/mol. The summed E-state index contributed by atoms with van der Waals surface area (Å²) in [4.78, 5) is 30.8. The minimum Gasteiger partial charge on any atom is -0.355 e. The van der Waals surface area contributed by atoms with Gasteiger partial charge in [-0.25, -0.2) is 9.97 Å². The molecule has 1 atom stereocenters. The van der Waals surface area contributed by atoms with Crippen molar-refractivity contribution in [3.05, 3.63) is 30.7 Å². The highest BCUT2D eigenvalue weighted by Gasteiger charge is 2.48. The van der Waals surface area contributed by atoms with Crippen LogP contribution >= 0.6 is 0 Å². The van der Waals surface area contributed by atoms with E-state index in [1.54, 1.807) is 17.1 Å². The second kappa shape index (κ2) is 6.25. The van der Waals surface area contributed by atoms with Gasteiger partial charge in [0, 0.05) is 51.7 Å². The fourth-order valence-electron chi connectivity index (χ4n) is 4.58. The van der Waals surface area contributed by atoms with E-state index in [0.717, 1.165) is 54.8 Å². The maximum Gasteiger partial charge on any atom is 0.230 e. The van der Waals surface area contributed by atoms with Gasteiger partial charge in [-0.15, -0.1) is 0 Å². The van der Waals surface area contributed by atoms with Gasteiger partial charge < -0.3 is 9.80 Å². The third-order valence-corrected chi connectivity index (χ3v) is 6.11. The number of piperidine rings is 1. The van der Waals surface area contributed by atoms with Crippen molar-refractivity contribution >= 4 is 22.8 Å². The molecule has 0 aliphatic carbocycles. The molecule has 3 aromatic rings. The summed E-state index contributed by atoms with van der Waals surface area (Å²) in [6.07, 6.45) is 8.18.